The van der Waals surface area contributed by atoms with Crippen LogP contribution in [0.4, 0.5) is 0 Å². The van der Waals surface area contributed by atoms with E-state index in [2.05, 4.69) is 10.2 Å². The maximum absolute atomic E-state index is 12.5. The monoisotopic (exact) mass is 371 g/mol. The number of hydrogen-bond acceptors (Lipinski definition) is 6. The Bertz CT molecular complexity index is 890. The Morgan fingerprint density at radius 3 is 2.30 bits per heavy atom. The molecule has 0 fully saturated rings. The lowest BCUT2D eigenvalue weighted by Crippen LogP contribution is -2.35. The highest BCUT2D eigenvalue weighted by molar-refractivity contribution is 5.93. The zero-order valence-electron chi connectivity index (χ0n) is 15.4. The number of ether oxygens (including phenoxy) is 3. The summed E-state index contributed by atoms with van der Waals surface area (Å²) in [4.78, 5) is 25.3. The van der Waals surface area contributed by atoms with Crippen LogP contribution < -0.4 is 19.8 Å². The zero-order chi connectivity index (χ0) is 19.4. The molecule has 27 heavy (non-hydrogen) atoms. The molecule has 1 aliphatic rings. The van der Waals surface area contributed by atoms with Gasteiger partial charge in [-0.3, -0.25) is 9.59 Å². The molecule has 2 aromatic rings. The van der Waals surface area contributed by atoms with Crippen molar-refractivity contribution in [2.75, 3.05) is 34.4 Å². The van der Waals surface area contributed by atoms with Crippen LogP contribution in [0.3, 0.4) is 0 Å². The zero-order valence-corrected chi connectivity index (χ0v) is 15.4. The number of aromatic amines is 1. The summed E-state index contributed by atoms with van der Waals surface area (Å²) < 4.78 is 16.3. The first-order valence-corrected chi connectivity index (χ1v) is 8.41. The number of rotatable bonds is 5. The van der Waals surface area contributed by atoms with Gasteiger partial charge in [-0.05, 0) is 18.1 Å². The number of methoxy groups -OCH3 is 3. The Kier molecular flexibility index (Phi) is 5.44. The average molecular weight is 371 g/mol. The van der Waals surface area contributed by atoms with Gasteiger partial charge in [0.1, 0.15) is 22.9 Å². The molecule has 1 aromatic carbocycles. The minimum atomic E-state index is -0.342. The molecule has 3 rings (SSSR count). The standard InChI is InChI=1S/C19H21N3O5/c1-25-13-10-15(26-2)18(16(11-13)27-3)12-6-8-22(9-7-12)19(24)14-4-5-17(23)21-20-14/h4-6,10-11H,7-9H2,1-3H3,(H,21,23). The van der Waals surface area contributed by atoms with E-state index in [4.69, 9.17) is 14.2 Å². The number of nitrogens with one attached hydrogen (secondary N) is 1. The predicted molar refractivity (Wildman–Crippen MR) is 99.5 cm³/mol. The summed E-state index contributed by atoms with van der Waals surface area (Å²) >= 11 is 0. The van der Waals surface area contributed by atoms with Crippen molar-refractivity contribution in [3.63, 3.8) is 0 Å². The first kappa shape index (κ1) is 18.5. The van der Waals surface area contributed by atoms with E-state index in [0.29, 0.717) is 36.8 Å². The molecule has 0 saturated heterocycles. The highest BCUT2D eigenvalue weighted by atomic mass is 16.5. The molecule has 0 atom stereocenters. The van der Waals surface area contributed by atoms with Crippen molar-refractivity contribution >= 4 is 11.5 Å². The van der Waals surface area contributed by atoms with E-state index in [1.165, 1.54) is 12.1 Å². The highest BCUT2D eigenvalue weighted by Crippen LogP contribution is 2.40. The van der Waals surface area contributed by atoms with Crippen LogP contribution in [0.15, 0.2) is 35.1 Å². The summed E-state index contributed by atoms with van der Waals surface area (Å²) in [6.07, 6.45) is 2.61. The highest BCUT2D eigenvalue weighted by Gasteiger charge is 2.24. The van der Waals surface area contributed by atoms with Gasteiger partial charge >= 0.3 is 0 Å². The molecule has 0 saturated carbocycles. The Morgan fingerprint density at radius 1 is 1.11 bits per heavy atom. The fourth-order valence-corrected chi connectivity index (χ4v) is 3.03. The van der Waals surface area contributed by atoms with Crippen LogP contribution in [-0.4, -0.2) is 55.4 Å². The first-order chi connectivity index (χ1) is 13.1. The normalized spacial score (nSPS) is 13.7. The van der Waals surface area contributed by atoms with E-state index in [9.17, 15) is 9.59 Å². The Hall–Kier alpha value is -3.29. The third kappa shape index (κ3) is 3.79. The second-order valence-corrected chi connectivity index (χ2v) is 5.94. The van der Waals surface area contributed by atoms with Crippen LogP contribution in [-0.2, 0) is 0 Å². The third-order valence-electron chi connectivity index (χ3n) is 4.43. The lowest BCUT2D eigenvalue weighted by molar-refractivity contribution is 0.0765. The average Bonchev–Trinajstić information content (AvgIpc) is 2.72. The maximum atomic E-state index is 12.5. The van der Waals surface area contributed by atoms with Gasteiger partial charge < -0.3 is 19.1 Å². The van der Waals surface area contributed by atoms with Gasteiger partial charge in [-0.1, -0.05) is 6.08 Å². The van der Waals surface area contributed by atoms with Gasteiger partial charge in [-0.2, -0.15) is 5.10 Å². The van der Waals surface area contributed by atoms with Crippen LogP contribution in [0.25, 0.3) is 5.57 Å². The topological polar surface area (TPSA) is 93.8 Å². The van der Waals surface area contributed by atoms with Crippen LogP contribution in [0.5, 0.6) is 17.2 Å². The number of aromatic nitrogens is 2. The summed E-state index contributed by atoms with van der Waals surface area (Å²) in [5.74, 6) is 1.72. The molecule has 1 N–H and O–H groups in total. The SMILES string of the molecule is COc1cc(OC)c(C2=CCN(C(=O)c3ccc(=O)[nH]n3)CC2)c(OC)c1. The van der Waals surface area contributed by atoms with Gasteiger partial charge in [0.15, 0.2) is 0 Å². The molecule has 142 valence electrons. The molecule has 1 aromatic heterocycles. The molecule has 0 spiro atoms. The summed E-state index contributed by atoms with van der Waals surface area (Å²) in [5.41, 5.74) is 1.76. The van der Waals surface area contributed by atoms with Crippen molar-refractivity contribution in [3.05, 3.63) is 52.0 Å². The minimum Gasteiger partial charge on any atom is -0.496 e. The summed E-state index contributed by atoms with van der Waals surface area (Å²) in [7, 11) is 4.78. The van der Waals surface area contributed by atoms with Crippen molar-refractivity contribution in [2.45, 2.75) is 6.42 Å². The second kappa shape index (κ2) is 7.94. The summed E-state index contributed by atoms with van der Waals surface area (Å²) in [5, 5.41) is 6.08. The molecular formula is C19H21N3O5. The molecule has 1 amide bonds. The van der Waals surface area contributed by atoms with E-state index in [1.54, 1.807) is 38.4 Å². The van der Waals surface area contributed by atoms with Gasteiger partial charge in [0, 0.05) is 31.3 Å². The lowest BCUT2D eigenvalue weighted by Gasteiger charge is -2.27. The molecule has 0 aliphatic carbocycles. The van der Waals surface area contributed by atoms with Crippen molar-refractivity contribution < 1.29 is 19.0 Å². The van der Waals surface area contributed by atoms with E-state index in [-0.39, 0.29) is 17.2 Å². The van der Waals surface area contributed by atoms with Crippen LogP contribution in [0, 0.1) is 0 Å². The van der Waals surface area contributed by atoms with E-state index >= 15 is 0 Å². The maximum Gasteiger partial charge on any atom is 0.274 e. The summed E-state index contributed by atoms with van der Waals surface area (Å²) in [6, 6.07) is 6.33. The Balaban J connectivity index is 1.86. The van der Waals surface area contributed by atoms with Crippen LogP contribution >= 0.6 is 0 Å². The quantitative estimate of drug-likeness (QED) is 0.860. The number of nitrogens with zero attached hydrogens (tertiary/aromatic N) is 2. The molecule has 0 radical (unpaired) electrons. The number of H-pyrrole nitrogens is 1. The van der Waals surface area contributed by atoms with Crippen LogP contribution in [0.2, 0.25) is 0 Å². The van der Waals surface area contributed by atoms with Crippen molar-refractivity contribution in [3.8, 4) is 17.2 Å². The van der Waals surface area contributed by atoms with Crippen molar-refractivity contribution in [1.29, 1.82) is 0 Å². The number of amides is 1. The second-order valence-electron chi connectivity index (χ2n) is 5.94. The van der Waals surface area contributed by atoms with Gasteiger partial charge in [0.05, 0.1) is 26.9 Å². The third-order valence-corrected chi connectivity index (χ3v) is 4.43. The molecule has 8 nitrogen and oxygen atoms in total. The van der Waals surface area contributed by atoms with Crippen LogP contribution in [0.1, 0.15) is 22.5 Å². The number of carbonyl (C=O) groups excluding carboxylic acids is 1. The van der Waals surface area contributed by atoms with Crippen molar-refractivity contribution in [2.24, 2.45) is 0 Å². The van der Waals surface area contributed by atoms with Crippen molar-refractivity contribution in [1.82, 2.24) is 15.1 Å². The summed E-state index contributed by atoms with van der Waals surface area (Å²) in [6.45, 7) is 0.942. The lowest BCUT2D eigenvalue weighted by atomic mass is 9.97. The van der Waals surface area contributed by atoms with E-state index in [1.807, 2.05) is 6.08 Å². The first-order valence-electron chi connectivity index (χ1n) is 8.41. The molecule has 0 unspecified atom stereocenters. The Morgan fingerprint density at radius 2 is 1.81 bits per heavy atom. The minimum absolute atomic E-state index is 0.214. The smallest absolute Gasteiger partial charge is 0.274 e. The Labute approximate surface area is 156 Å². The fraction of sp³-hybridized carbons (Fsp3) is 0.316. The number of carbonyl (C=O) groups is 1. The van der Waals surface area contributed by atoms with E-state index < -0.39 is 0 Å². The molecule has 1 aliphatic heterocycles. The van der Waals surface area contributed by atoms with Gasteiger partial charge in [-0.15, -0.1) is 0 Å². The van der Waals surface area contributed by atoms with E-state index in [0.717, 1.165) is 11.1 Å². The fourth-order valence-electron chi connectivity index (χ4n) is 3.03. The van der Waals surface area contributed by atoms with Gasteiger partial charge in [0.25, 0.3) is 11.5 Å². The van der Waals surface area contributed by atoms with Gasteiger partial charge in [-0.25, -0.2) is 5.10 Å². The molecule has 2 heterocycles. The largest absolute Gasteiger partial charge is 0.496 e. The molecule has 8 heteroatoms. The molecular weight excluding hydrogens is 350 g/mol. The predicted octanol–water partition coefficient (Wildman–Crippen LogP) is 1.73. The molecule has 0 bridgehead atoms. The number of benzene rings is 1. The van der Waals surface area contributed by atoms with Gasteiger partial charge in [0.2, 0.25) is 0 Å². The number of hydrogen-bond donors (Lipinski definition) is 1.